The maximum absolute atomic E-state index is 5.87. The molecule has 1 heterocycles. The van der Waals surface area contributed by atoms with Gasteiger partial charge in [0.05, 0.1) is 17.7 Å². The average molecular weight is 304 g/mol. The van der Waals surface area contributed by atoms with Gasteiger partial charge in [-0.05, 0) is 45.0 Å². The van der Waals surface area contributed by atoms with Crippen LogP contribution >= 0.6 is 11.3 Å². The summed E-state index contributed by atoms with van der Waals surface area (Å²) in [6.07, 6.45) is 1.99. The zero-order valence-electron chi connectivity index (χ0n) is 12.5. The Morgan fingerprint density at radius 2 is 2.10 bits per heavy atom. The van der Waals surface area contributed by atoms with E-state index in [1.54, 1.807) is 11.3 Å². The lowest BCUT2D eigenvalue weighted by atomic mass is 10.3. The van der Waals surface area contributed by atoms with E-state index in [4.69, 9.17) is 10.5 Å². The van der Waals surface area contributed by atoms with Crippen LogP contribution in [0.25, 0.3) is 0 Å². The second-order valence-corrected chi connectivity index (χ2v) is 6.18. The number of anilines is 1. The quantitative estimate of drug-likeness (QED) is 0.657. The second-order valence-electron chi connectivity index (χ2n) is 4.86. The smallest absolute Gasteiger partial charge is 0.193 e. The van der Waals surface area contributed by atoms with E-state index in [-0.39, 0.29) is 6.10 Å². The van der Waals surface area contributed by atoms with Crippen molar-refractivity contribution in [1.29, 1.82) is 0 Å². The number of benzene rings is 1. The number of hydrogen-bond acceptors (Lipinski definition) is 4. The van der Waals surface area contributed by atoms with Crippen LogP contribution < -0.4 is 15.8 Å². The number of nitrogens with zero attached hydrogens (tertiary/aromatic N) is 2. The largest absolute Gasteiger partial charge is 0.491 e. The van der Waals surface area contributed by atoms with Crippen LogP contribution in [-0.4, -0.2) is 17.0 Å². The third kappa shape index (κ3) is 5.07. The molecule has 0 bridgehead atoms. The van der Waals surface area contributed by atoms with Crippen molar-refractivity contribution in [2.75, 3.05) is 5.32 Å². The van der Waals surface area contributed by atoms with Gasteiger partial charge in [-0.1, -0.05) is 0 Å². The van der Waals surface area contributed by atoms with Gasteiger partial charge in [0.1, 0.15) is 5.75 Å². The van der Waals surface area contributed by atoms with Crippen molar-refractivity contribution in [3.05, 3.63) is 40.3 Å². The Morgan fingerprint density at radius 3 is 2.67 bits per heavy atom. The third-order valence-corrected chi connectivity index (χ3v) is 3.47. The van der Waals surface area contributed by atoms with Gasteiger partial charge in [-0.15, -0.1) is 11.3 Å². The number of ether oxygens (including phenoxy) is 1. The number of guanidine groups is 1. The first-order valence-electron chi connectivity index (χ1n) is 6.78. The van der Waals surface area contributed by atoms with Crippen molar-refractivity contribution in [2.24, 2.45) is 10.7 Å². The summed E-state index contributed by atoms with van der Waals surface area (Å²) < 4.78 is 5.59. The highest BCUT2D eigenvalue weighted by molar-refractivity contribution is 7.11. The van der Waals surface area contributed by atoms with Crippen LogP contribution in [0.2, 0.25) is 0 Å². The van der Waals surface area contributed by atoms with Crippen molar-refractivity contribution < 1.29 is 4.74 Å². The monoisotopic (exact) mass is 304 g/mol. The fraction of sp³-hybridized carbons (Fsp3) is 0.333. The zero-order valence-corrected chi connectivity index (χ0v) is 13.3. The van der Waals surface area contributed by atoms with Gasteiger partial charge in [-0.3, -0.25) is 0 Å². The molecule has 0 aliphatic heterocycles. The number of rotatable bonds is 5. The average Bonchev–Trinajstić information content (AvgIpc) is 2.84. The molecule has 0 saturated carbocycles. The van der Waals surface area contributed by atoms with E-state index in [0.717, 1.165) is 21.3 Å². The third-order valence-electron chi connectivity index (χ3n) is 2.57. The summed E-state index contributed by atoms with van der Waals surface area (Å²) in [6, 6.07) is 7.64. The molecule has 0 radical (unpaired) electrons. The number of thiazole rings is 1. The minimum atomic E-state index is 0.165. The maximum atomic E-state index is 5.87. The van der Waals surface area contributed by atoms with E-state index in [2.05, 4.69) is 15.3 Å². The summed E-state index contributed by atoms with van der Waals surface area (Å²) in [6.45, 7) is 6.51. The SMILES string of the molecule is Cc1ncc(CN=C(N)Nc2ccc(OC(C)C)cc2)s1. The molecule has 0 atom stereocenters. The van der Waals surface area contributed by atoms with Crippen LogP contribution in [0.1, 0.15) is 23.7 Å². The molecule has 0 amide bonds. The van der Waals surface area contributed by atoms with Crippen LogP contribution in [-0.2, 0) is 6.54 Å². The molecule has 0 aliphatic rings. The highest BCUT2D eigenvalue weighted by atomic mass is 32.1. The summed E-state index contributed by atoms with van der Waals surface area (Å²) in [5.74, 6) is 1.23. The van der Waals surface area contributed by atoms with Gasteiger partial charge in [-0.25, -0.2) is 9.98 Å². The molecule has 1 aromatic carbocycles. The van der Waals surface area contributed by atoms with Gasteiger partial charge in [0.2, 0.25) is 0 Å². The predicted molar refractivity (Wildman–Crippen MR) is 88.0 cm³/mol. The number of hydrogen-bond donors (Lipinski definition) is 2. The number of aliphatic imine (C=N–C) groups is 1. The van der Waals surface area contributed by atoms with Crippen molar-refractivity contribution in [1.82, 2.24) is 4.98 Å². The Balaban J connectivity index is 1.91. The molecule has 0 saturated heterocycles. The standard InChI is InChI=1S/C15H20N4OS/c1-10(2)20-13-6-4-12(5-7-13)19-15(16)18-9-14-8-17-11(3)21-14/h4-8,10H,9H2,1-3H3,(H3,16,18,19). The lowest BCUT2D eigenvalue weighted by Gasteiger charge is -2.10. The number of nitrogens with two attached hydrogens (primary N) is 1. The highest BCUT2D eigenvalue weighted by Crippen LogP contribution is 2.17. The zero-order chi connectivity index (χ0) is 15.2. The van der Waals surface area contributed by atoms with Crippen LogP contribution in [0.4, 0.5) is 5.69 Å². The molecule has 1 aromatic heterocycles. The molecule has 6 heteroatoms. The van der Waals surface area contributed by atoms with E-state index < -0.39 is 0 Å². The highest BCUT2D eigenvalue weighted by Gasteiger charge is 2.00. The molecule has 112 valence electrons. The van der Waals surface area contributed by atoms with Gasteiger partial charge in [0, 0.05) is 16.8 Å². The molecule has 0 unspecified atom stereocenters. The Bertz CT molecular complexity index is 604. The molecule has 0 aliphatic carbocycles. The van der Waals surface area contributed by atoms with Crippen molar-refractivity contribution >= 4 is 23.0 Å². The molecular formula is C15H20N4OS. The van der Waals surface area contributed by atoms with E-state index in [9.17, 15) is 0 Å². The van der Waals surface area contributed by atoms with Gasteiger partial charge in [0.15, 0.2) is 5.96 Å². The molecule has 2 rings (SSSR count). The fourth-order valence-corrected chi connectivity index (χ4v) is 2.44. The maximum Gasteiger partial charge on any atom is 0.193 e. The van der Waals surface area contributed by atoms with Gasteiger partial charge >= 0.3 is 0 Å². The molecular weight excluding hydrogens is 284 g/mol. The Morgan fingerprint density at radius 1 is 1.38 bits per heavy atom. The Labute approximate surface area is 128 Å². The van der Waals surface area contributed by atoms with Crippen LogP contribution in [0.3, 0.4) is 0 Å². The van der Waals surface area contributed by atoms with Crippen LogP contribution in [0, 0.1) is 6.92 Å². The van der Waals surface area contributed by atoms with Gasteiger partial charge in [0.25, 0.3) is 0 Å². The summed E-state index contributed by atoms with van der Waals surface area (Å²) in [4.78, 5) is 9.58. The van der Waals surface area contributed by atoms with E-state index in [1.165, 1.54) is 0 Å². The normalized spacial score (nSPS) is 11.7. The predicted octanol–water partition coefficient (Wildman–Crippen LogP) is 3.17. The Kier molecular flexibility index (Phi) is 5.16. The first-order valence-corrected chi connectivity index (χ1v) is 7.59. The second kappa shape index (κ2) is 7.08. The minimum absolute atomic E-state index is 0.165. The summed E-state index contributed by atoms with van der Waals surface area (Å²) in [7, 11) is 0. The van der Waals surface area contributed by atoms with Crippen LogP contribution in [0.15, 0.2) is 35.5 Å². The summed E-state index contributed by atoms with van der Waals surface area (Å²) >= 11 is 1.63. The van der Waals surface area contributed by atoms with Gasteiger partial charge in [-0.2, -0.15) is 0 Å². The van der Waals surface area contributed by atoms with E-state index in [1.807, 2.05) is 51.2 Å². The molecule has 3 N–H and O–H groups in total. The molecule has 0 spiro atoms. The van der Waals surface area contributed by atoms with Gasteiger partial charge < -0.3 is 15.8 Å². The van der Waals surface area contributed by atoms with Crippen molar-refractivity contribution in [3.8, 4) is 5.75 Å². The number of nitrogens with one attached hydrogen (secondary N) is 1. The lowest BCUT2D eigenvalue weighted by Crippen LogP contribution is -2.22. The summed E-state index contributed by atoms with van der Waals surface area (Å²) in [5, 5.41) is 4.09. The number of aromatic nitrogens is 1. The summed E-state index contributed by atoms with van der Waals surface area (Å²) in [5.41, 5.74) is 6.75. The van der Waals surface area contributed by atoms with Crippen LogP contribution in [0.5, 0.6) is 5.75 Å². The van der Waals surface area contributed by atoms with E-state index in [0.29, 0.717) is 12.5 Å². The Hall–Kier alpha value is -2.08. The first kappa shape index (κ1) is 15.3. The molecule has 5 nitrogen and oxygen atoms in total. The fourth-order valence-electron chi connectivity index (χ4n) is 1.72. The van der Waals surface area contributed by atoms with E-state index >= 15 is 0 Å². The molecule has 21 heavy (non-hydrogen) atoms. The van der Waals surface area contributed by atoms with Crippen molar-refractivity contribution in [3.63, 3.8) is 0 Å². The topological polar surface area (TPSA) is 72.5 Å². The molecule has 0 fully saturated rings. The first-order chi connectivity index (χ1) is 10.0. The lowest BCUT2D eigenvalue weighted by molar-refractivity contribution is 0.242. The minimum Gasteiger partial charge on any atom is -0.491 e. The molecule has 2 aromatic rings. The van der Waals surface area contributed by atoms with Crippen molar-refractivity contribution in [2.45, 2.75) is 33.4 Å². The number of aryl methyl sites for hydroxylation is 1.